The predicted octanol–water partition coefficient (Wildman–Crippen LogP) is 3.16. The standard InChI is InChI=1S/C21H24N2O5/c1-21(2)8-13(24)18-16(9-21)28-20(23)12(10-22)17(18)11-6-14(25-3)19(27-5)15(7-11)26-4/h6-7,17H,8-9,23H2,1-5H3/t17-/m0/s1. The molecule has 1 aromatic rings. The van der Waals surface area contributed by atoms with E-state index in [1.54, 1.807) is 12.1 Å². The molecule has 1 aromatic carbocycles. The molecule has 1 heterocycles. The van der Waals surface area contributed by atoms with E-state index in [0.717, 1.165) is 0 Å². The Balaban J connectivity index is 2.25. The third kappa shape index (κ3) is 3.15. The summed E-state index contributed by atoms with van der Waals surface area (Å²) in [4.78, 5) is 13.0. The van der Waals surface area contributed by atoms with Gasteiger partial charge in [-0.3, -0.25) is 4.79 Å². The summed E-state index contributed by atoms with van der Waals surface area (Å²) in [7, 11) is 4.54. The molecule has 3 rings (SSSR count). The lowest BCUT2D eigenvalue weighted by molar-refractivity contribution is -0.119. The van der Waals surface area contributed by atoms with Gasteiger partial charge in [0.1, 0.15) is 17.4 Å². The number of nitriles is 1. The zero-order valence-electron chi connectivity index (χ0n) is 16.7. The van der Waals surface area contributed by atoms with Crippen LogP contribution >= 0.6 is 0 Å². The van der Waals surface area contributed by atoms with E-state index in [-0.39, 0.29) is 22.7 Å². The zero-order chi connectivity index (χ0) is 20.6. The maximum atomic E-state index is 13.0. The molecule has 7 heteroatoms. The highest BCUT2D eigenvalue weighted by atomic mass is 16.5. The number of carbonyl (C=O) groups excluding carboxylic acids is 1. The number of methoxy groups -OCH3 is 3. The van der Waals surface area contributed by atoms with Crippen molar-refractivity contribution in [1.82, 2.24) is 0 Å². The first-order valence-corrected chi connectivity index (χ1v) is 8.90. The second-order valence-corrected chi connectivity index (χ2v) is 7.66. The largest absolute Gasteiger partial charge is 0.493 e. The Morgan fingerprint density at radius 2 is 1.75 bits per heavy atom. The van der Waals surface area contributed by atoms with E-state index in [1.807, 2.05) is 13.8 Å². The highest BCUT2D eigenvalue weighted by molar-refractivity contribution is 6.00. The SMILES string of the molecule is COc1cc([C@H]2C(C#N)=C(N)OC3=C2C(=O)CC(C)(C)C3)cc(OC)c1OC. The van der Waals surface area contributed by atoms with Gasteiger partial charge in [0.15, 0.2) is 17.3 Å². The van der Waals surface area contributed by atoms with Crippen molar-refractivity contribution >= 4 is 5.78 Å². The van der Waals surface area contributed by atoms with Crippen LogP contribution in [0.25, 0.3) is 0 Å². The summed E-state index contributed by atoms with van der Waals surface area (Å²) in [6.07, 6.45) is 0.934. The molecule has 0 spiro atoms. The van der Waals surface area contributed by atoms with Gasteiger partial charge in [-0.25, -0.2) is 0 Å². The maximum absolute atomic E-state index is 13.0. The van der Waals surface area contributed by atoms with E-state index in [0.29, 0.717) is 47.0 Å². The number of benzene rings is 1. The Morgan fingerprint density at radius 3 is 2.25 bits per heavy atom. The summed E-state index contributed by atoms with van der Waals surface area (Å²) in [6.45, 7) is 4.01. The molecular weight excluding hydrogens is 360 g/mol. The van der Waals surface area contributed by atoms with Gasteiger partial charge in [-0.1, -0.05) is 13.8 Å². The number of Topliss-reactive ketones (excluding diaryl/α,β-unsaturated/α-hetero) is 1. The van der Waals surface area contributed by atoms with Crippen LogP contribution in [0.5, 0.6) is 17.2 Å². The number of carbonyl (C=O) groups is 1. The smallest absolute Gasteiger partial charge is 0.205 e. The van der Waals surface area contributed by atoms with Crippen molar-refractivity contribution in [2.45, 2.75) is 32.6 Å². The average molecular weight is 384 g/mol. The van der Waals surface area contributed by atoms with Crippen LogP contribution in [-0.4, -0.2) is 27.1 Å². The van der Waals surface area contributed by atoms with Gasteiger partial charge in [-0.05, 0) is 23.1 Å². The minimum absolute atomic E-state index is 0.0190. The second kappa shape index (κ2) is 7.12. The van der Waals surface area contributed by atoms with E-state index in [1.165, 1.54) is 21.3 Å². The van der Waals surface area contributed by atoms with E-state index in [9.17, 15) is 10.1 Å². The molecule has 0 aromatic heterocycles. The Kier molecular flexibility index (Phi) is 4.99. The zero-order valence-corrected chi connectivity index (χ0v) is 16.7. The minimum atomic E-state index is -0.647. The fourth-order valence-corrected chi connectivity index (χ4v) is 3.89. The van der Waals surface area contributed by atoms with Crippen LogP contribution in [0.1, 0.15) is 38.2 Å². The Labute approximate surface area is 164 Å². The third-order valence-corrected chi connectivity index (χ3v) is 5.10. The number of allylic oxidation sites excluding steroid dienone is 3. The molecule has 0 bridgehead atoms. The molecule has 2 N–H and O–H groups in total. The summed E-state index contributed by atoms with van der Waals surface area (Å²) in [6, 6.07) is 5.58. The van der Waals surface area contributed by atoms with Crippen molar-refractivity contribution in [3.05, 3.63) is 40.5 Å². The maximum Gasteiger partial charge on any atom is 0.205 e. The fourth-order valence-electron chi connectivity index (χ4n) is 3.89. The van der Waals surface area contributed by atoms with Gasteiger partial charge in [0.2, 0.25) is 11.6 Å². The molecule has 1 aliphatic heterocycles. The molecular formula is C21H24N2O5. The minimum Gasteiger partial charge on any atom is -0.493 e. The van der Waals surface area contributed by atoms with Gasteiger partial charge in [0, 0.05) is 18.4 Å². The molecule has 0 saturated heterocycles. The van der Waals surface area contributed by atoms with Crippen LogP contribution in [-0.2, 0) is 9.53 Å². The number of ketones is 1. The molecule has 0 radical (unpaired) electrons. The Bertz CT molecular complexity index is 912. The molecule has 0 saturated carbocycles. The predicted molar refractivity (Wildman–Crippen MR) is 102 cm³/mol. The van der Waals surface area contributed by atoms with Crippen LogP contribution in [0.3, 0.4) is 0 Å². The summed E-state index contributed by atoms with van der Waals surface area (Å²) in [5.74, 6) is 1.15. The number of nitrogens with two attached hydrogens (primary N) is 1. The van der Waals surface area contributed by atoms with Crippen molar-refractivity contribution in [3.63, 3.8) is 0 Å². The lowest BCUT2D eigenvalue weighted by atomic mass is 9.70. The summed E-state index contributed by atoms with van der Waals surface area (Å²) in [5.41, 5.74) is 7.14. The Hall–Kier alpha value is -3.14. The molecule has 148 valence electrons. The summed E-state index contributed by atoms with van der Waals surface area (Å²) in [5, 5.41) is 9.74. The van der Waals surface area contributed by atoms with E-state index in [4.69, 9.17) is 24.7 Å². The summed E-state index contributed by atoms with van der Waals surface area (Å²) < 4.78 is 22.0. The van der Waals surface area contributed by atoms with Crippen LogP contribution in [0, 0.1) is 16.7 Å². The van der Waals surface area contributed by atoms with Crippen molar-refractivity contribution in [2.75, 3.05) is 21.3 Å². The van der Waals surface area contributed by atoms with E-state index >= 15 is 0 Å². The third-order valence-electron chi connectivity index (χ3n) is 5.10. The molecule has 0 amide bonds. The number of hydrogen-bond donors (Lipinski definition) is 1. The molecule has 1 atom stereocenters. The highest BCUT2D eigenvalue weighted by Gasteiger charge is 2.43. The van der Waals surface area contributed by atoms with E-state index < -0.39 is 5.92 Å². The monoisotopic (exact) mass is 384 g/mol. The van der Waals surface area contributed by atoms with Gasteiger partial charge in [0.25, 0.3) is 0 Å². The van der Waals surface area contributed by atoms with Crippen molar-refractivity contribution < 1.29 is 23.7 Å². The first-order valence-electron chi connectivity index (χ1n) is 8.90. The second-order valence-electron chi connectivity index (χ2n) is 7.66. The first kappa shape index (κ1) is 19.6. The quantitative estimate of drug-likeness (QED) is 0.850. The summed E-state index contributed by atoms with van der Waals surface area (Å²) >= 11 is 0. The van der Waals surface area contributed by atoms with Crippen LogP contribution in [0.4, 0.5) is 0 Å². The molecule has 1 aliphatic carbocycles. The van der Waals surface area contributed by atoms with Crippen molar-refractivity contribution in [1.29, 1.82) is 5.26 Å². The molecule has 0 fully saturated rings. The van der Waals surface area contributed by atoms with Gasteiger partial charge in [-0.15, -0.1) is 0 Å². The van der Waals surface area contributed by atoms with E-state index in [2.05, 4.69) is 6.07 Å². The number of hydrogen-bond acceptors (Lipinski definition) is 7. The average Bonchev–Trinajstić information content (AvgIpc) is 2.64. The Morgan fingerprint density at radius 1 is 1.14 bits per heavy atom. The fraction of sp³-hybridized carbons (Fsp3) is 0.429. The number of nitrogens with zero attached hydrogens (tertiary/aromatic N) is 1. The highest BCUT2D eigenvalue weighted by Crippen LogP contribution is 2.50. The number of ether oxygens (including phenoxy) is 4. The molecule has 7 nitrogen and oxygen atoms in total. The number of rotatable bonds is 4. The van der Waals surface area contributed by atoms with Crippen LogP contribution in [0.2, 0.25) is 0 Å². The lowest BCUT2D eigenvalue weighted by Gasteiger charge is -2.37. The van der Waals surface area contributed by atoms with Crippen molar-refractivity contribution in [2.24, 2.45) is 11.1 Å². The van der Waals surface area contributed by atoms with Crippen LogP contribution < -0.4 is 19.9 Å². The van der Waals surface area contributed by atoms with Crippen molar-refractivity contribution in [3.8, 4) is 23.3 Å². The van der Waals surface area contributed by atoms with Gasteiger partial charge in [0.05, 0.1) is 27.2 Å². The molecule has 2 aliphatic rings. The molecule has 0 unspecified atom stereocenters. The van der Waals surface area contributed by atoms with Gasteiger partial charge >= 0.3 is 0 Å². The topological polar surface area (TPSA) is 104 Å². The lowest BCUT2D eigenvalue weighted by Crippen LogP contribution is -2.33. The molecule has 28 heavy (non-hydrogen) atoms. The van der Waals surface area contributed by atoms with Crippen LogP contribution in [0.15, 0.2) is 34.9 Å². The van der Waals surface area contributed by atoms with Gasteiger partial charge < -0.3 is 24.7 Å². The van der Waals surface area contributed by atoms with Gasteiger partial charge in [-0.2, -0.15) is 5.26 Å². The normalized spacial score (nSPS) is 20.9. The first-order chi connectivity index (χ1) is 13.3.